The molecule has 0 radical (unpaired) electrons. The summed E-state index contributed by atoms with van der Waals surface area (Å²) in [7, 11) is 9.02. The van der Waals surface area contributed by atoms with Crippen molar-refractivity contribution in [2.45, 2.75) is 205 Å². The minimum atomic E-state index is -1.85. The van der Waals surface area contributed by atoms with Gasteiger partial charge in [-0.25, -0.2) is 9.37 Å². The lowest BCUT2D eigenvalue weighted by molar-refractivity contribution is -0.329. The fraction of sp³-hybridized carbons (Fsp3) is 0.782. The van der Waals surface area contributed by atoms with Gasteiger partial charge in [-0.2, -0.15) is 4.37 Å². The number of aromatic nitrogens is 2. The van der Waals surface area contributed by atoms with Crippen molar-refractivity contribution in [2.24, 2.45) is 17.8 Å². The Morgan fingerprint density at radius 1 is 1.03 bits per heavy atom. The van der Waals surface area contributed by atoms with Crippen LogP contribution >= 0.6 is 11.5 Å². The molecule has 7 N–H and O–H groups in total. The highest BCUT2D eigenvalue weighted by atomic mass is 32.1. The summed E-state index contributed by atoms with van der Waals surface area (Å²) in [6, 6.07) is 6.26. The molecule has 0 saturated carbocycles. The summed E-state index contributed by atoms with van der Waals surface area (Å²) >= 11 is 1.35. The van der Waals surface area contributed by atoms with Crippen LogP contribution in [0.4, 0.5) is 4.39 Å². The van der Waals surface area contributed by atoms with E-state index in [0.29, 0.717) is 38.9 Å². The molecule has 20 nitrogen and oxygen atoms in total. The summed E-state index contributed by atoms with van der Waals surface area (Å²) < 4.78 is 56.2. The molecule has 4 aliphatic heterocycles. The number of hydrogen-bond acceptors (Lipinski definition) is 20. The van der Waals surface area contributed by atoms with E-state index in [1.165, 1.54) is 18.5 Å². The van der Waals surface area contributed by atoms with E-state index in [2.05, 4.69) is 24.8 Å². The summed E-state index contributed by atoms with van der Waals surface area (Å²) in [5.41, 5.74) is 1.64. The number of ether oxygens (including phenoxy) is 6. The molecule has 16 unspecified atom stereocenters. The molecule has 436 valence electrons. The maximum absolute atomic E-state index is 14.8. The number of carbonyl (C=O) groups excluding carboxylic acids is 2. The number of cyclic esters (lactones) is 1. The van der Waals surface area contributed by atoms with Gasteiger partial charge in [-0.15, -0.1) is 5.12 Å². The van der Waals surface area contributed by atoms with E-state index in [1.807, 2.05) is 94.2 Å². The Morgan fingerprint density at radius 2 is 1.71 bits per heavy atom. The number of rotatable bonds is 17. The molecule has 3 saturated heterocycles. The van der Waals surface area contributed by atoms with Crippen molar-refractivity contribution in [3.8, 4) is 10.6 Å². The third-order valence-electron chi connectivity index (χ3n) is 16.7. The Morgan fingerprint density at radius 3 is 2.35 bits per heavy atom. The molecule has 3 fully saturated rings. The van der Waals surface area contributed by atoms with Gasteiger partial charge >= 0.3 is 5.97 Å². The number of nitrogens with zero attached hydrogens (tertiary/aromatic N) is 6. The van der Waals surface area contributed by atoms with Crippen LogP contribution < -0.4 is 10.7 Å². The van der Waals surface area contributed by atoms with Crippen LogP contribution in [0.2, 0.25) is 0 Å². The molecule has 4 aliphatic rings. The second-order valence-electron chi connectivity index (χ2n) is 23.2. The van der Waals surface area contributed by atoms with E-state index >= 15 is 0 Å². The molecule has 0 spiro atoms. The highest BCUT2D eigenvalue weighted by Crippen LogP contribution is 2.40. The zero-order chi connectivity index (χ0) is 56.9. The Hall–Kier alpha value is -3.33. The third-order valence-corrected chi connectivity index (χ3v) is 17.5. The van der Waals surface area contributed by atoms with Gasteiger partial charge in [-0.3, -0.25) is 19.5 Å². The average molecular weight is 1110 g/mol. The quantitative estimate of drug-likeness (QED) is 0.0979. The molecule has 2 aromatic rings. The number of carbonyl (C=O) groups is 2. The van der Waals surface area contributed by atoms with Gasteiger partial charge in [0.15, 0.2) is 23.8 Å². The third kappa shape index (κ3) is 14.8. The van der Waals surface area contributed by atoms with Crippen molar-refractivity contribution in [3.05, 3.63) is 47.6 Å². The van der Waals surface area contributed by atoms with Gasteiger partial charge < -0.3 is 64.5 Å². The van der Waals surface area contributed by atoms with Crippen molar-refractivity contribution >= 4 is 23.3 Å². The summed E-state index contributed by atoms with van der Waals surface area (Å²) in [4.78, 5) is 37.9. The molecule has 77 heavy (non-hydrogen) atoms. The molecule has 0 aliphatic carbocycles. The smallest absolute Gasteiger partial charge is 0.311 e. The van der Waals surface area contributed by atoms with Crippen LogP contribution in [0, 0.1) is 17.8 Å². The number of hydrogen-bond donors (Lipinski definition) is 6. The summed E-state index contributed by atoms with van der Waals surface area (Å²) in [5, 5.41) is 55.1. The Kier molecular flexibility index (Phi) is 21.6. The summed E-state index contributed by atoms with van der Waals surface area (Å²) in [5.74, 6) is -2.50. The van der Waals surface area contributed by atoms with Gasteiger partial charge in [0.2, 0.25) is 12.1 Å². The van der Waals surface area contributed by atoms with E-state index in [1.54, 1.807) is 53.8 Å². The monoisotopic (exact) mass is 1110 g/mol. The van der Waals surface area contributed by atoms with Crippen molar-refractivity contribution in [3.63, 3.8) is 0 Å². The maximum Gasteiger partial charge on any atom is 0.311 e. The molecule has 18 atom stereocenters. The fourth-order valence-electron chi connectivity index (χ4n) is 11.9. The van der Waals surface area contributed by atoms with Gasteiger partial charge in [-0.05, 0) is 111 Å². The zero-order valence-corrected chi connectivity index (χ0v) is 49.0. The van der Waals surface area contributed by atoms with Gasteiger partial charge in [0, 0.05) is 62.9 Å². The normalized spacial score (nSPS) is 38.0. The summed E-state index contributed by atoms with van der Waals surface area (Å²) in [6.07, 6.45) is -5.51. The second kappa shape index (κ2) is 26.5. The lowest BCUT2D eigenvalue weighted by atomic mass is 9.77. The van der Waals surface area contributed by atoms with Crippen LogP contribution in [0.1, 0.15) is 113 Å². The van der Waals surface area contributed by atoms with E-state index in [-0.39, 0.29) is 31.0 Å². The molecule has 1 aromatic carbocycles. The second-order valence-corrected chi connectivity index (χ2v) is 24.0. The van der Waals surface area contributed by atoms with Crippen LogP contribution in [0.5, 0.6) is 0 Å². The topological polar surface area (TPSA) is 237 Å². The van der Waals surface area contributed by atoms with Crippen molar-refractivity contribution < 1.29 is 62.8 Å². The number of esters is 1. The van der Waals surface area contributed by atoms with Crippen LogP contribution in [0.25, 0.3) is 10.6 Å². The molecule has 6 rings (SSSR count). The predicted molar refractivity (Wildman–Crippen MR) is 290 cm³/mol. The van der Waals surface area contributed by atoms with Crippen molar-refractivity contribution in [1.29, 1.82) is 0 Å². The molecule has 0 bridgehead atoms. The first-order valence-corrected chi connectivity index (χ1v) is 28.3. The standard InChI is InChI=1S/C55H91FN8O12S/c1-16-42-55(10,70)47(66)35(6)62(13)29-31(2)25-53(8,69)49(33(4)46(34(5)51(68)74-42)75-44-26-54(9,71-15)48(67)36(7)73-44)76-52-45(65)41(23-32(3)72-52)61(12)22-21-39-30-64(63(14)59-39)40(27-56)24-37-17-19-38(20-18-37)50-58-43(28-57-11)60-77-50/h17-20,30-36,40-42,44,46-49,52,57,59,66-67,69-70H,16,21-29H2,1-15H3/p+1/t31?,32?,33?,34?,35?,36?,40?,41?,42-,44?,46?,47?,48?,49?,52?,53-,54?,55?/m0/s1. The Labute approximate surface area is 460 Å². The van der Waals surface area contributed by atoms with Crippen molar-refractivity contribution in [1.82, 2.24) is 40.0 Å². The number of benzene rings is 1. The number of nitrogens with one attached hydrogen (secondary N) is 2. The minimum Gasteiger partial charge on any atom is -0.459 e. The van der Waals surface area contributed by atoms with E-state index in [9.17, 15) is 34.4 Å². The Balaban J connectivity index is 1.23. The van der Waals surface area contributed by atoms with Gasteiger partial charge in [0.1, 0.15) is 36.6 Å². The van der Waals surface area contributed by atoms with Crippen LogP contribution in [-0.2, 0) is 46.2 Å². The molecule has 22 heteroatoms. The number of likely N-dealkylation sites (N-methyl/N-ethyl adjacent to an activating group) is 2. The highest BCUT2D eigenvalue weighted by Gasteiger charge is 2.54. The highest BCUT2D eigenvalue weighted by molar-refractivity contribution is 7.09. The minimum absolute atomic E-state index is 0.134. The maximum atomic E-state index is 14.8. The Bertz CT molecular complexity index is 2260. The summed E-state index contributed by atoms with van der Waals surface area (Å²) in [6.45, 7) is 18.3. The number of Topliss-reactive ketones (excluding diaryl/α,β-unsaturated/α-hetero) is 1. The van der Waals surface area contributed by atoms with Crippen molar-refractivity contribution in [2.75, 3.05) is 55.1 Å². The molecule has 0 amide bonds. The van der Waals surface area contributed by atoms with Crippen LogP contribution in [0.3, 0.4) is 0 Å². The molecule has 5 heterocycles. The number of hydrazine groups is 2. The number of halogens is 1. The predicted octanol–water partition coefficient (Wildman–Crippen LogP) is 3.71. The lowest BCUT2D eigenvalue weighted by Crippen LogP contribution is -2.60. The van der Waals surface area contributed by atoms with E-state index in [4.69, 9.17) is 23.7 Å². The fourth-order valence-corrected chi connectivity index (χ4v) is 12.5. The van der Waals surface area contributed by atoms with Crippen LogP contribution in [0.15, 0.2) is 36.2 Å². The lowest BCUT2D eigenvalue weighted by Gasteiger charge is -2.47. The molecular weight excluding hydrogens is 1020 g/mol. The number of aliphatic hydroxyl groups is 6. The van der Waals surface area contributed by atoms with Gasteiger partial charge in [0.05, 0.1) is 61.0 Å². The van der Waals surface area contributed by atoms with Gasteiger partial charge in [0.25, 0.3) is 0 Å². The average Bonchev–Trinajstić information content (AvgIpc) is 4.02. The SMILES string of the molecule is CC[C@@H]1OC(=O)C(C)C(OC2CC(C)([OH+]C)C(O)C(C)O2)C(C)C(OC2OC(C)CC(N(C)CCC3=CN(C(CF)Cc4ccc(-c5nc(CNC)ns5)cc4)N(C)N3)C2=O)[C@@](C)(O)CC(C)CN(C)C(C)C(O)C1(C)O. The first-order chi connectivity index (χ1) is 36.2. The van der Waals surface area contributed by atoms with Gasteiger partial charge in [-0.1, -0.05) is 45.0 Å². The first-order valence-electron chi connectivity index (χ1n) is 27.5. The number of alkyl halides is 1. The van der Waals surface area contributed by atoms with E-state index < -0.39 is 115 Å². The largest absolute Gasteiger partial charge is 0.459 e. The first kappa shape index (κ1) is 62.9. The number of aliphatic hydroxyl groups excluding tert-OH is 2. The number of ketones is 1. The molecular formula is C55H92FN8O12S+. The van der Waals surface area contributed by atoms with E-state index in [0.717, 1.165) is 27.7 Å². The van der Waals surface area contributed by atoms with Crippen LogP contribution in [-0.4, -0.2) is 212 Å². The zero-order valence-electron chi connectivity index (χ0n) is 48.2. The molecule has 1 aromatic heterocycles.